The molecule has 0 aliphatic carbocycles. The average molecular weight is 534 g/mol. The highest BCUT2D eigenvalue weighted by molar-refractivity contribution is 14.0. The number of halogens is 1. The molecule has 164 valence electrons. The fraction of sp³-hybridized carbons (Fsp3) is 0.304. The van der Waals surface area contributed by atoms with Crippen LogP contribution in [-0.4, -0.2) is 37.7 Å². The molecule has 2 N–H and O–H groups in total. The van der Waals surface area contributed by atoms with E-state index in [0.717, 1.165) is 41.3 Å². The van der Waals surface area contributed by atoms with E-state index in [-0.39, 0.29) is 24.0 Å². The molecule has 0 amide bonds. The van der Waals surface area contributed by atoms with Crippen LogP contribution >= 0.6 is 24.0 Å². The Hall–Kier alpha value is -2.75. The third-order valence-corrected chi connectivity index (χ3v) is 4.76. The van der Waals surface area contributed by atoms with E-state index in [9.17, 15) is 0 Å². The second kappa shape index (κ2) is 11.0. The maximum absolute atomic E-state index is 5.74. The van der Waals surface area contributed by atoms with Crippen molar-refractivity contribution in [2.45, 2.75) is 19.8 Å². The van der Waals surface area contributed by atoms with E-state index in [0.29, 0.717) is 31.6 Å². The Kier molecular flexibility index (Phi) is 8.16. The number of oxazole rings is 1. The molecule has 0 radical (unpaired) electrons. The molecule has 2 aromatic carbocycles. The number of aliphatic imine (C=N–C) groups is 1. The number of hydrogen-bond acceptors (Lipinski definition) is 5. The zero-order valence-electron chi connectivity index (χ0n) is 17.7. The Morgan fingerprint density at radius 2 is 1.84 bits per heavy atom. The second-order valence-corrected chi connectivity index (χ2v) is 7.10. The minimum absolute atomic E-state index is 0. The van der Waals surface area contributed by atoms with Crippen molar-refractivity contribution in [1.29, 1.82) is 0 Å². The molecular formula is C23H27IN4O3. The van der Waals surface area contributed by atoms with Crippen molar-refractivity contribution in [3.05, 3.63) is 60.0 Å². The van der Waals surface area contributed by atoms with Crippen LogP contribution < -0.4 is 20.1 Å². The van der Waals surface area contributed by atoms with Crippen LogP contribution in [0.1, 0.15) is 17.7 Å². The number of benzene rings is 2. The first-order valence-corrected chi connectivity index (χ1v) is 10.1. The molecule has 0 saturated carbocycles. The molecule has 1 aliphatic rings. The van der Waals surface area contributed by atoms with E-state index in [4.69, 9.17) is 13.9 Å². The predicted molar refractivity (Wildman–Crippen MR) is 133 cm³/mol. The van der Waals surface area contributed by atoms with Crippen LogP contribution in [-0.2, 0) is 6.42 Å². The molecule has 1 aliphatic heterocycles. The zero-order chi connectivity index (χ0) is 20.8. The largest absolute Gasteiger partial charge is 0.490 e. The summed E-state index contributed by atoms with van der Waals surface area (Å²) < 4.78 is 17.0. The standard InChI is InChI=1S/C23H26N4O3.HI/c1-16-4-6-17(7-5-16)22-26-19(15-30-22)10-11-25-23(24-2)27-18-8-9-20-21(14-18)29-13-3-12-28-20;/h4-9,14-15H,3,10-13H2,1-2H3,(H2,24,25,27);1H. The van der Waals surface area contributed by atoms with Crippen molar-refractivity contribution in [1.82, 2.24) is 10.3 Å². The van der Waals surface area contributed by atoms with Gasteiger partial charge in [-0.2, -0.15) is 0 Å². The molecule has 7 nitrogen and oxygen atoms in total. The Bertz CT molecular complexity index is 1020. The first-order chi connectivity index (χ1) is 14.7. The minimum atomic E-state index is 0. The fourth-order valence-corrected chi connectivity index (χ4v) is 3.12. The number of nitrogens with zero attached hydrogens (tertiary/aromatic N) is 2. The molecular weight excluding hydrogens is 507 g/mol. The van der Waals surface area contributed by atoms with Crippen LogP contribution in [0.25, 0.3) is 11.5 Å². The first kappa shape index (κ1) is 22.9. The smallest absolute Gasteiger partial charge is 0.226 e. The molecule has 0 atom stereocenters. The highest BCUT2D eigenvalue weighted by atomic mass is 127. The summed E-state index contributed by atoms with van der Waals surface area (Å²) in [6, 6.07) is 13.9. The minimum Gasteiger partial charge on any atom is -0.490 e. The van der Waals surface area contributed by atoms with Crippen molar-refractivity contribution >= 4 is 35.6 Å². The summed E-state index contributed by atoms with van der Waals surface area (Å²) in [5.41, 5.74) is 3.97. The number of hydrogen-bond donors (Lipinski definition) is 2. The number of nitrogens with one attached hydrogen (secondary N) is 2. The molecule has 0 fully saturated rings. The zero-order valence-corrected chi connectivity index (χ0v) is 20.0. The van der Waals surface area contributed by atoms with Crippen LogP contribution in [0.2, 0.25) is 0 Å². The van der Waals surface area contributed by atoms with Crippen molar-refractivity contribution in [2.75, 3.05) is 32.1 Å². The van der Waals surface area contributed by atoms with Gasteiger partial charge in [0.25, 0.3) is 0 Å². The quantitative estimate of drug-likeness (QED) is 0.282. The van der Waals surface area contributed by atoms with Crippen molar-refractivity contribution in [2.24, 2.45) is 4.99 Å². The number of guanidine groups is 1. The van der Waals surface area contributed by atoms with Gasteiger partial charge in [0.15, 0.2) is 17.5 Å². The van der Waals surface area contributed by atoms with Gasteiger partial charge in [-0.3, -0.25) is 4.99 Å². The Morgan fingerprint density at radius 1 is 1.06 bits per heavy atom. The summed E-state index contributed by atoms with van der Waals surface area (Å²) >= 11 is 0. The topological polar surface area (TPSA) is 80.9 Å². The molecule has 8 heteroatoms. The van der Waals surface area contributed by atoms with E-state index in [1.165, 1.54) is 5.56 Å². The Morgan fingerprint density at radius 3 is 2.61 bits per heavy atom. The summed E-state index contributed by atoms with van der Waals surface area (Å²) in [5.74, 6) is 2.84. The lowest BCUT2D eigenvalue weighted by molar-refractivity contribution is 0.297. The number of ether oxygens (including phenoxy) is 2. The van der Waals surface area contributed by atoms with Crippen LogP contribution in [0.5, 0.6) is 11.5 Å². The Balaban J connectivity index is 0.00000272. The van der Waals surface area contributed by atoms with E-state index >= 15 is 0 Å². The summed E-state index contributed by atoms with van der Waals surface area (Å²) in [5, 5.41) is 6.58. The third-order valence-electron chi connectivity index (χ3n) is 4.76. The van der Waals surface area contributed by atoms with Gasteiger partial charge in [-0.25, -0.2) is 4.98 Å². The van der Waals surface area contributed by atoms with Gasteiger partial charge in [0.2, 0.25) is 5.89 Å². The Labute approximate surface area is 199 Å². The summed E-state index contributed by atoms with van der Waals surface area (Å²) in [6.07, 6.45) is 3.31. The van der Waals surface area contributed by atoms with Crippen molar-refractivity contribution in [3.8, 4) is 23.0 Å². The molecule has 4 rings (SSSR count). The lowest BCUT2D eigenvalue weighted by Gasteiger charge is -2.13. The monoisotopic (exact) mass is 534 g/mol. The highest BCUT2D eigenvalue weighted by Crippen LogP contribution is 2.32. The molecule has 0 bridgehead atoms. The SMILES string of the molecule is CN=C(NCCc1coc(-c2ccc(C)cc2)n1)Nc1ccc2c(c1)OCCCO2.I. The highest BCUT2D eigenvalue weighted by Gasteiger charge is 2.12. The molecule has 31 heavy (non-hydrogen) atoms. The fourth-order valence-electron chi connectivity index (χ4n) is 3.12. The third kappa shape index (κ3) is 6.13. The average Bonchev–Trinajstić information content (AvgIpc) is 3.10. The van der Waals surface area contributed by atoms with Gasteiger partial charge < -0.3 is 24.5 Å². The predicted octanol–water partition coefficient (Wildman–Crippen LogP) is 4.66. The van der Waals surface area contributed by atoms with Crippen LogP contribution in [0.3, 0.4) is 0 Å². The van der Waals surface area contributed by atoms with E-state index in [1.54, 1.807) is 13.3 Å². The lowest BCUT2D eigenvalue weighted by atomic mass is 10.1. The van der Waals surface area contributed by atoms with Gasteiger partial charge in [0.1, 0.15) is 6.26 Å². The number of anilines is 1. The van der Waals surface area contributed by atoms with Crippen molar-refractivity contribution in [3.63, 3.8) is 0 Å². The number of aryl methyl sites for hydroxylation is 1. The van der Waals surface area contributed by atoms with E-state index in [2.05, 4.69) is 39.7 Å². The lowest BCUT2D eigenvalue weighted by Crippen LogP contribution is -2.32. The molecule has 0 unspecified atom stereocenters. The van der Waals surface area contributed by atoms with E-state index < -0.39 is 0 Å². The number of aromatic nitrogens is 1. The summed E-state index contributed by atoms with van der Waals surface area (Å²) in [4.78, 5) is 8.86. The van der Waals surface area contributed by atoms with Gasteiger partial charge in [-0.05, 0) is 31.2 Å². The summed E-state index contributed by atoms with van der Waals surface area (Å²) in [6.45, 7) is 4.07. The van der Waals surface area contributed by atoms with Gasteiger partial charge >= 0.3 is 0 Å². The molecule has 0 spiro atoms. The molecule has 0 saturated heterocycles. The van der Waals surface area contributed by atoms with Gasteiger partial charge in [0, 0.05) is 43.8 Å². The van der Waals surface area contributed by atoms with Crippen LogP contribution in [0.4, 0.5) is 5.69 Å². The normalized spacial score (nSPS) is 13.2. The molecule has 2 heterocycles. The maximum Gasteiger partial charge on any atom is 0.226 e. The van der Waals surface area contributed by atoms with Gasteiger partial charge in [0.05, 0.1) is 18.9 Å². The molecule has 3 aromatic rings. The van der Waals surface area contributed by atoms with E-state index in [1.807, 2.05) is 30.3 Å². The van der Waals surface area contributed by atoms with Gasteiger partial charge in [-0.15, -0.1) is 24.0 Å². The number of fused-ring (bicyclic) bond motifs is 1. The van der Waals surface area contributed by atoms with Crippen LogP contribution in [0.15, 0.2) is 58.1 Å². The van der Waals surface area contributed by atoms with Crippen molar-refractivity contribution < 1.29 is 13.9 Å². The maximum atomic E-state index is 5.74. The first-order valence-electron chi connectivity index (χ1n) is 10.1. The van der Waals surface area contributed by atoms with Crippen LogP contribution in [0, 0.1) is 6.92 Å². The van der Waals surface area contributed by atoms with Gasteiger partial charge in [-0.1, -0.05) is 17.7 Å². The summed E-state index contributed by atoms with van der Waals surface area (Å²) in [7, 11) is 1.74. The second-order valence-electron chi connectivity index (χ2n) is 7.10. The molecule has 1 aromatic heterocycles. The number of rotatable bonds is 5.